The van der Waals surface area contributed by atoms with E-state index < -0.39 is 18.1 Å². The molecule has 1 heterocycles. The Hall–Kier alpha value is -1.90. The first-order chi connectivity index (χ1) is 9.47. The number of esters is 1. The van der Waals surface area contributed by atoms with Gasteiger partial charge in [-0.05, 0) is 26.7 Å². The lowest BCUT2D eigenvalue weighted by Crippen LogP contribution is -2.45. The van der Waals surface area contributed by atoms with Crippen molar-refractivity contribution in [3.63, 3.8) is 0 Å². The number of carbonyl (C=O) groups excluding carboxylic acids is 3. The minimum Gasteiger partial charge on any atom is -0.446 e. The molecule has 6 heteroatoms. The van der Waals surface area contributed by atoms with E-state index in [2.05, 4.69) is 0 Å². The lowest BCUT2D eigenvalue weighted by molar-refractivity contribution is -0.159. The van der Waals surface area contributed by atoms with Crippen LogP contribution < -0.4 is 0 Å². The highest BCUT2D eigenvalue weighted by Crippen LogP contribution is 2.38. The van der Waals surface area contributed by atoms with Crippen molar-refractivity contribution in [1.82, 2.24) is 4.90 Å². The van der Waals surface area contributed by atoms with Gasteiger partial charge >= 0.3 is 5.97 Å². The van der Waals surface area contributed by atoms with Crippen molar-refractivity contribution in [3.05, 3.63) is 0 Å². The Labute approximate surface area is 117 Å². The first-order valence-corrected chi connectivity index (χ1v) is 6.94. The summed E-state index contributed by atoms with van der Waals surface area (Å²) in [7, 11) is 0. The molecule has 0 aromatic rings. The summed E-state index contributed by atoms with van der Waals surface area (Å²) in [5.74, 6) is -1.80. The van der Waals surface area contributed by atoms with E-state index in [9.17, 15) is 14.4 Å². The maximum Gasteiger partial charge on any atom is 0.330 e. The summed E-state index contributed by atoms with van der Waals surface area (Å²) in [6.45, 7) is 2.91. The smallest absolute Gasteiger partial charge is 0.330 e. The minimum atomic E-state index is -0.962. The number of amides is 2. The van der Waals surface area contributed by atoms with Gasteiger partial charge in [-0.15, -0.1) is 0 Å². The van der Waals surface area contributed by atoms with Crippen molar-refractivity contribution in [2.45, 2.75) is 51.7 Å². The summed E-state index contributed by atoms with van der Waals surface area (Å²) in [6.07, 6.45) is 2.42. The fourth-order valence-electron chi connectivity index (χ4n) is 2.97. The van der Waals surface area contributed by atoms with Crippen LogP contribution >= 0.6 is 0 Å². The number of rotatable bonds is 3. The maximum atomic E-state index is 12.3. The Balaban J connectivity index is 2.12. The molecule has 0 bridgehead atoms. The van der Waals surface area contributed by atoms with Gasteiger partial charge in [-0.2, -0.15) is 5.26 Å². The van der Waals surface area contributed by atoms with Gasteiger partial charge in [0.25, 0.3) is 0 Å². The molecule has 2 aliphatic rings. The molecular weight excluding hydrogens is 260 g/mol. The van der Waals surface area contributed by atoms with E-state index in [1.807, 2.05) is 0 Å². The molecule has 0 spiro atoms. The number of hydrogen-bond donors (Lipinski definition) is 0. The van der Waals surface area contributed by atoms with E-state index >= 15 is 0 Å². The second-order valence-electron chi connectivity index (χ2n) is 5.43. The average molecular weight is 278 g/mol. The highest BCUT2D eigenvalue weighted by atomic mass is 16.5. The molecule has 0 N–H and O–H groups in total. The molecule has 1 aliphatic heterocycles. The monoisotopic (exact) mass is 278 g/mol. The summed E-state index contributed by atoms with van der Waals surface area (Å²) in [5.41, 5.74) is 0. The summed E-state index contributed by atoms with van der Waals surface area (Å²) in [5, 5.41) is 8.63. The van der Waals surface area contributed by atoms with Crippen molar-refractivity contribution in [3.8, 4) is 6.07 Å². The molecule has 2 amide bonds. The first-order valence-electron chi connectivity index (χ1n) is 6.94. The van der Waals surface area contributed by atoms with Crippen LogP contribution in [0.4, 0.5) is 0 Å². The number of nitrogens with zero attached hydrogens (tertiary/aromatic N) is 2. The third-order valence-corrected chi connectivity index (χ3v) is 4.08. The maximum absolute atomic E-state index is 12.3. The van der Waals surface area contributed by atoms with Crippen molar-refractivity contribution in [1.29, 1.82) is 5.26 Å². The second kappa shape index (κ2) is 5.61. The van der Waals surface area contributed by atoms with E-state index in [-0.39, 0.29) is 23.7 Å². The standard InChI is InChI=1S/C14H18N2O4/c1-8(7-15)20-14(19)9(2)16-12(17)10-5-3-4-6-11(10)13(16)18/h8-11H,3-6H2,1-2H3/t8-,9+,10+,11+/m1/s1. The fourth-order valence-corrected chi connectivity index (χ4v) is 2.97. The van der Waals surface area contributed by atoms with Gasteiger partial charge in [0.15, 0.2) is 6.10 Å². The van der Waals surface area contributed by atoms with Gasteiger partial charge in [0.2, 0.25) is 11.8 Å². The molecule has 0 aromatic carbocycles. The van der Waals surface area contributed by atoms with Gasteiger partial charge in [0, 0.05) is 0 Å². The lowest BCUT2D eigenvalue weighted by Gasteiger charge is -2.22. The predicted molar refractivity (Wildman–Crippen MR) is 67.9 cm³/mol. The molecule has 0 unspecified atom stereocenters. The molecule has 20 heavy (non-hydrogen) atoms. The SMILES string of the molecule is C[C@H](C#N)OC(=O)[C@H](C)N1C(=O)[C@H]2CCCC[C@@H]2C1=O. The van der Waals surface area contributed by atoms with Crippen molar-refractivity contribution in [2.24, 2.45) is 11.8 Å². The molecule has 2 rings (SSSR count). The lowest BCUT2D eigenvalue weighted by atomic mass is 9.81. The van der Waals surface area contributed by atoms with Crippen LogP contribution in [0.5, 0.6) is 0 Å². The number of carbonyl (C=O) groups is 3. The Kier molecular flexibility index (Phi) is 4.07. The molecule has 1 saturated carbocycles. The van der Waals surface area contributed by atoms with Crippen molar-refractivity contribution < 1.29 is 19.1 Å². The summed E-state index contributed by atoms with van der Waals surface area (Å²) < 4.78 is 4.88. The van der Waals surface area contributed by atoms with Gasteiger partial charge in [-0.25, -0.2) is 4.79 Å². The van der Waals surface area contributed by atoms with Crippen LogP contribution in [-0.4, -0.2) is 34.8 Å². The zero-order valence-corrected chi connectivity index (χ0v) is 11.7. The van der Waals surface area contributed by atoms with Crippen LogP contribution in [0.1, 0.15) is 39.5 Å². The third-order valence-electron chi connectivity index (χ3n) is 4.08. The number of ether oxygens (including phenoxy) is 1. The molecule has 4 atom stereocenters. The molecule has 6 nitrogen and oxygen atoms in total. The summed E-state index contributed by atoms with van der Waals surface area (Å²) >= 11 is 0. The normalized spacial score (nSPS) is 28.6. The fraction of sp³-hybridized carbons (Fsp3) is 0.714. The van der Waals surface area contributed by atoms with Gasteiger partial charge < -0.3 is 4.74 Å². The largest absolute Gasteiger partial charge is 0.446 e. The van der Waals surface area contributed by atoms with Crippen LogP contribution in [0.2, 0.25) is 0 Å². The van der Waals surface area contributed by atoms with Crippen LogP contribution in [0.3, 0.4) is 0 Å². The van der Waals surface area contributed by atoms with Crippen LogP contribution in [0.25, 0.3) is 0 Å². The van der Waals surface area contributed by atoms with Crippen LogP contribution in [0, 0.1) is 23.2 Å². The van der Waals surface area contributed by atoms with Gasteiger partial charge in [0.05, 0.1) is 11.8 Å². The van der Waals surface area contributed by atoms with Gasteiger partial charge in [-0.1, -0.05) is 12.8 Å². The second-order valence-corrected chi connectivity index (χ2v) is 5.43. The molecule has 0 aromatic heterocycles. The number of fused-ring (bicyclic) bond motifs is 1. The summed E-state index contributed by atoms with van der Waals surface area (Å²) in [4.78, 5) is 37.5. The topological polar surface area (TPSA) is 87.5 Å². The number of hydrogen-bond acceptors (Lipinski definition) is 5. The summed E-state index contributed by atoms with van der Waals surface area (Å²) in [6, 6.07) is 0.821. The van der Waals surface area contributed by atoms with Crippen molar-refractivity contribution >= 4 is 17.8 Å². The first kappa shape index (κ1) is 14.5. The van der Waals surface area contributed by atoms with Crippen molar-refractivity contribution in [2.75, 3.05) is 0 Å². The Bertz CT molecular complexity index is 458. The zero-order valence-electron chi connectivity index (χ0n) is 11.7. The number of nitriles is 1. The molecule has 1 saturated heterocycles. The van der Waals surface area contributed by atoms with E-state index in [1.54, 1.807) is 6.07 Å². The van der Waals surface area contributed by atoms with Crippen LogP contribution in [0.15, 0.2) is 0 Å². The number of likely N-dealkylation sites (tertiary alicyclic amines) is 1. The molecule has 0 radical (unpaired) electrons. The molecule has 1 aliphatic carbocycles. The van der Waals surface area contributed by atoms with E-state index in [4.69, 9.17) is 10.00 Å². The molecule has 108 valence electrons. The Morgan fingerprint density at radius 1 is 1.25 bits per heavy atom. The highest BCUT2D eigenvalue weighted by Gasteiger charge is 2.51. The molecule has 2 fully saturated rings. The quantitative estimate of drug-likeness (QED) is 0.568. The van der Waals surface area contributed by atoms with Gasteiger partial charge in [0.1, 0.15) is 12.1 Å². The molecular formula is C14H18N2O4. The highest BCUT2D eigenvalue weighted by molar-refractivity contribution is 6.07. The minimum absolute atomic E-state index is 0.270. The zero-order chi connectivity index (χ0) is 14.9. The average Bonchev–Trinajstić information content (AvgIpc) is 2.70. The van der Waals surface area contributed by atoms with Gasteiger partial charge in [-0.3, -0.25) is 14.5 Å². The number of imide groups is 1. The predicted octanol–water partition coefficient (Wildman–Crippen LogP) is 1.01. The Morgan fingerprint density at radius 3 is 2.20 bits per heavy atom. The van der Waals surface area contributed by atoms with E-state index in [0.717, 1.165) is 17.7 Å². The third kappa shape index (κ3) is 2.40. The van der Waals surface area contributed by atoms with E-state index in [0.29, 0.717) is 12.8 Å². The van der Waals surface area contributed by atoms with Crippen LogP contribution in [-0.2, 0) is 19.1 Å². The van der Waals surface area contributed by atoms with E-state index in [1.165, 1.54) is 13.8 Å². The Morgan fingerprint density at radius 2 is 1.75 bits per heavy atom.